The van der Waals surface area contributed by atoms with Crippen LogP contribution in [0.3, 0.4) is 0 Å². The van der Waals surface area contributed by atoms with Crippen LogP contribution in [0.4, 0.5) is 5.69 Å². The fraction of sp³-hybridized carbons (Fsp3) is 0.259. The summed E-state index contributed by atoms with van der Waals surface area (Å²) in [5, 5.41) is 28.7. The molecule has 0 aliphatic carbocycles. The molecule has 3 heterocycles. The number of phenolic OH excluding ortho intramolecular Hbond substituents is 3. The Morgan fingerprint density at radius 2 is 1.40 bits per heavy atom. The van der Waals surface area contributed by atoms with Crippen LogP contribution in [-0.4, -0.2) is 47.7 Å². The standard InChI is InChI=1S/C27H25NO6S/c29-19-7-3-16(4-8-19)25-23-15-24(27(34-23)26(25)17-5-9-20(30)10-6-17)35(32,33)28-13-1-2-18-14-21(31)11-12-22(18)28/h3-12,14,23-24,27,29-31H,1-2,13,15H2/t23-,24+,27+/m0/s1. The Hall–Kier alpha value is -3.49. The molecule has 0 radical (unpaired) electrons. The average Bonchev–Trinajstić information content (AvgIpc) is 3.44. The quantitative estimate of drug-likeness (QED) is 0.509. The molecule has 6 rings (SSSR count). The van der Waals surface area contributed by atoms with Crippen molar-refractivity contribution >= 4 is 26.9 Å². The van der Waals surface area contributed by atoms with Gasteiger partial charge in [0.1, 0.15) is 28.6 Å². The number of rotatable bonds is 4. The molecule has 7 nitrogen and oxygen atoms in total. The van der Waals surface area contributed by atoms with Gasteiger partial charge in [0.15, 0.2) is 0 Å². The topological polar surface area (TPSA) is 107 Å². The molecule has 0 spiro atoms. The SMILES string of the molecule is O=S(=O)([C@@H]1C[C@@H]2O[C@H]1C(c1ccc(O)cc1)=C2c1ccc(O)cc1)N1CCCc2cc(O)ccc21. The summed E-state index contributed by atoms with van der Waals surface area (Å²) in [5.74, 6) is 0.407. The number of hydrogen-bond acceptors (Lipinski definition) is 6. The maximum absolute atomic E-state index is 14.0. The van der Waals surface area contributed by atoms with Gasteiger partial charge in [-0.3, -0.25) is 4.31 Å². The lowest BCUT2D eigenvalue weighted by molar-refractivity contribution is 0.128. The number of nitrogens with zero attached hydrogens (tertiary/aromatic N) is 1. The summed E-state index contributed by atoms with van der Waals surface area (Å²) in [4.78, 5) is 0. The number of aromatic hydroxyl groups is 3. The minimum absolute atomic E-state index is 0.127. The van der Waals surface area contributed by atoms with Crippen molar-refractivity contribution in [2.75, 3.05) is 10.8 Å². The molecule has 0 amide bonds. The normalized spacial score (nSPS) is 23.5. The zero-order chi connectivity index (χ0) is 24.3. The molecule has 35 heavy (non-hydrogen) atoms. The first kappa shape index (κ1) is 22.0. The number of ether oxygens (including phenoxy) is 1. The minimum atomic E-state index is -3.78. The van der Waals surface area contributed by atoms with Gasteiger partial charge in [-0.2, -0.15) is 0 Å². The maximum atomic E-state index is 14.0. The molecule has 180 valence electrons. The maximum Gasteiger partial charge on any atom is 0.241 e. The van der Waals surface area contributed by atoms with Crippen molar-refractivity contribution < 1.29 is 28.5 Å². The number of phenols is 3. The lowest BCUT2D eigenvalue weighted by Gasteiger charge is -2.35. The molecule has 3 aromatic carbocycles. The fourth-order valence-electron chi connectivity index (χ4n) is 5.62. The van der Waals surface area contributed by atoms with Crippen LogP contribution in [0.15, 0.2) is 66.7 Å². The first-order chi connectivity index (χ1) is 16.8. The van der Waals surface area contributed by atoms with Crippen molar-refractivity contribution in [2.24, 2.45) is 0 Å². The Labute approximate surface area is 203 Å². The van der Waals surface area contributed by atoms with Crippen LogP contribution in [-0.2, 0) is 21.2 Å². The third-order valence-corrected chi connectivity index (χ3v) is 9.38. The van der Waals surface area contributed by atoms with Gasteiger partial charge in [-0.05, 0) is 89.6 Å². The molecule has 0 unspecified atom stereocenters. The monoisotopic (exact) mass is 491 g/mol. The van der Waals surface area contributed by atoms with Gasteiger partial charge < -0.3 is 20.1 Å². The summed E-state index contributed by atoms with van der Waals surface area (Å²) in [6, 6.07) is 18.4. The second kappa shape index (κ2) is 8.03. The summed E-state index contributed by atoms with van der Waals surface area (Å²) in [6.45, 7) is 0.386. The molecule has 0 aromatic heterocycles. The molecule has 1 fully saturated rings. The van der Waals surface area contributed by atoms with Crippen LogP contribution in [0, 0.1) is 0 Å². The van der Waals surface area contributed by atoms with E-state index in [0.717, 1.165) is 27.8 Å². The zero-order valence-electron chi connectivity index (χ0n) is 18.8. The van der Waals surface area contributed by atoms with Gasteiger partial charge in [0, 0.05) is 6.54 Å². The molecular weight excluding hydrogens is 466 g/mol. The summed E-state index contributed by atoms with van der Waals surface area (Å²) >= 11 is 0. The van der Waals surface area contributed by atoms with Gasteiger partial charge in [-0.25, -0.2) is 8.42 Å². The van der Waals surface area contributed by atoms with Gasteiger partial charge in [-0.1, -0.05) is 24.3 Å². The van der Waals surface area contributed by atoms with E-state index in [0.29, 0.717) is 31.5 Å². The first-order valence-electron chi connectivity index (χ1n) is 11.6. The lowest BCUT2D eigenvalue weighted by atomic mass is 9.83. The van der Waals surface area contributed by atoms with E-state index in [1.165, 1.54) is 10.4 Å². The second-order valence-electron chi connectivity index (χ2n) is 9.27. The van der Waals surface area contributed by atoms with E-state index in [1.807, 2.05) is 12.1 Å². The van der Waals surface area contributed by atoms with E-state index in [9.17, 15) is 23.7 Å². The number of fused-ring (bicyclic) bond motifs is 3. The van der Waals surface area contributed by atoms with Crippen molar-refractivity contribution in [3.8, 4) is 17.2 Å². The van der Waals surface area contributed by atoms with Gasteiger partial charge in [0.2, 0.25) is 10.0 Å². The highest BCUT2D eigenvalue weighted by atomic mass is 32.2. The minimum Gasteiger partial charge on any atom is -0.508 e. The van der Waals surface area contributed by atoms with Gasteiger partial charge in [-0.15, -0.1) is 0 Å². The number of sulfonamides is 1. The summed E-state index contributed by atoms with van der Waals surface area (Å²) in [6.07, 6.45) is 0.649. The molecule has 3 N–H and O–H groups in total. The fourth-order valence-corrected chi connectivity index (χ4v) is 7.71. The van der Waals surface area contributed by atoms with Crippen LogP contribution in [0.1, 0.15) is 29.5 Å². The third-order valence-electron chi connectivity index (χ3n) is 7.18. The lowest BCUT2D eigenvalue weighted by Crippen LogP contribution is -2.45. The predicted octanol–water partition coefficient (Wildman–Crippen LogP) is 4.04. The molecule has 2 bridgehead atoms. The van der Waals surface area contributed by atoms with Crippen molar-refractivity contribution in [3.63, 3.8) is 0 Å². The first-order valence-corrected chi connectivity index (χ1v) is 13.1. The van der Waals surface area contributed by atoms with Crippen LogP contribution < -0.4 is 4.31 Å². The smallest absolute Gasteiger partial charge is 0.241 e. The van der Waals surface area contributed by atoms with Gasteiger partial charge in [0.05, 0.1) is 11.8 Å². The number of aryl methyl sites for hydroxylation is 1. The molecular formula is C27H25NO6S. The van der Waals surface area contributed by atoms with E-state index in [-0.39, 0.29) is 17.2 Å². The van der Waals surface area contributed by atoms with Gasteiger partial charge in [0.25, 0.3) is 0 Å². The highest BCUT2D eigenvalue weighted by molar-refractivity contribution is 7.93. The average molecular weight is 492 g/mol. The third kappa shape index (κ3) is 3.56. The van der Waals surface area contributed by atoms with E-state index >= 15 is 0 Å². The molecule has 3 atom stereocenters. The van der Waals surface area contributed by atoms with E-state index in [4.69, 9.17) is 4.74 Å². The van der Waals surface area contributed by atoms with Crippen LogP contribution in [0.25, 0.3) is 11.1 Å². The molecule has 3 aromatic rings. The van der Waals surface area contributed by atoms with Crippen molar-refractivity contribution in [3.05, 3.63) is 83.4 Å². The molecule has 3 aliphatic rings. The Morgan fingerprint density at radius 3 is 2.06 bits per heavy atom. The van der Waals surface area contributed by atoms with Crippen molar-refractivity contribution in [2.45, 2.75) is 36.7 Å². The summed E-state index contributed by atoms with van der Waals surface area (Å²) in [5.41, 5.74) is 4.81. The largest absolute Gasteiger partial charge is 0.508 e. The summed E-state index contributed by atoms with van der Waals surface area (Å²) in [7, 11) is -3.78. The second-order valence-corrected chi connectivity index (χ2v) is 11.4. The highest BCUT2D eigenvalue weighted by Crippen LogP contribution is 2.51. The number of benzene rings is 3. The summed E-state index contributed by atoms with van der Waals surface area (Å²) < 4.78 is 35.9. The van der Waals surface area contributed by atoms with Crippen LogP contribution >= 0.6 is 0 Å². The predicted molar refractivity (Wildman–Crippen MR) is 133 cm³/mol. The zero-order valence-corrected chi connectivity index (χ0v) is 19.6. The van der Waals surface area contributed by atoms with Crippen LogP contribution in [0.5, 0.6) is 17.2 Å². The Bertz CT molecular complexity index is 1430. The Kier molecular flexibility index (Phi) is 5.05. The van der Waals surface area contributed by atoms with Crippen molar-refractivity contribution in [1.29, 1.82) is 0 Å². The number of hydrogen-bond donors (Lipinski definition) is 3. The highest BCUT2D eigenvalue weighted by Gasteiger charge is 2.54. The molecule has 3 aliphatic heterocycles. The number of anilines is 1. The van der Waals surface area contributed by atoms with Crippen LogP contribution in [0.2, 0.25) is 0 Å². The van der Waals surface area contributed by atoms with E-state index < -0.39 is 27.5 Å². The molecule has 0 saturated carbocycles. The Balaban J connectivity index is 1.44. The van der Waals surface area contributed by atoms with E-state index in [2.05, 4.69) is 0 Å². The van der Waals surface area contributed by atoms with Gasteiger partial charge >= 0.3 is 0 Å². The Morgan fingerprint density at radius 1 is 0.800 bits per heavy atom. The molecule has 8 heteroatoms. The van der Waals surface area contributed by atoms with E-state index in [1.54, 1.807) is 48.5 Å². The molecule has 1 saturated heterocycles. The van der Waals surface area contributed by atoms with Crippen molar-refractivity contribution in [1.82, 2.24) is 0 Å².